The molecule has 0 bridgehead atoms. The highest BCUT2D eigenvalue weighted by molar-refractivity contribution is 5.74. The van der Waals surface area contributed by atoms with E-state index in [2.05, 4.69) is 0 Å². The number of aliphatic hydroxyl groups is 1. The molecule has 0 aliphatic rings. The lowest BCUT2D eigenvalue weighted by molar-refractivity contribution is -0.170. The third-order valence-corrected chi connectivity index (χ3v) is 3.36. The maximum atomic E-state index is 13.0. The van der Waals surface area contributed by atoms with Crippen LogP contribution < -0.4 is 0 Å². The van der Waals surface area contributed by atoms with E-state index in [1.54, 1.807) is 34.6 Å². The van der Waals surface area contributed by atoms with Gasteiger partial charge in [0.05, 0.1) is 5.92 Å². The van der Waals surface area contributed by atoms with E-state index in [-0.39, 0.29) is 5.82 Å². The van der Waals surface area contributed by atoms with Crippen LogP contribution in [0.3, 0.4) is 0 Å². The fraction of sp³-hybridized carbons (Fsp3) is 0.562. The number of rotatable bonds is 4. The molecule has 2 unspecified atom stereocenters. The van der Waals surface area contributed by atoms with Crippen molar-refractivity contribution in [3.05, 3.63) is 35.6 Å². The molecular formula is C16H23FO3. The van der Waals surface area contributed by atoms with Crippen molar-refractivity contribution in [3.8, 4) is 0 Å². The Balaban J connectivity index is 3.04. The maximum absolute atomic E-state index is 13.0. The molecule has 1 rings (SSSR count). The number of benzene rings is 1. The largest absolute Gasteiger partial charge is 0.460 e. The van der Waals surface area contributed by atoms with Crippen LogP contribution in [0.1, 0.15) is 46.6 Å². The first-order chi connectivity index (χ1) is 9.10. The zero-order valence-electron chi connectivity index (χ0n) is 12.7. The number of carbonyl (C=O) groups is 1. The molecule has 1 N–H and O–H groups in total. The Morgan fingerprint density at radius 2 is 1.80 bits per heavy atom. The van der Waals surface area contributed by atoms with E-state index in [1.807, 2.05) is 0 Å². The quantitative estimate of drug-likeness (QED) is 0.861. The number of carbonyl (C=O) groups excluding carboxylic acids is 1. The van der Waals surface area contributed by atoms with Gasteiger partial charge in [0.15, 0.2) is 0 Å². The summed E-state index contributed by atoms with van der Waals surface area (Å²) < 4.78 is 18.3. The minimum atomic E-state index is -1.37. The van der Waals surface area contributed by atoms with Crippen molar-refractivity contribution in [2.45, 2.75) is 52.2 Å². The standard InChI is InChI=1S/C16H23FO3/c1-6-16(19,12-7-9-13(17)10-8-12)11(2)14(18)20-15(3,4)5/h7-11,19H,6H2,1-5H3. The van der Waals surface area contributed by atoms with E-state index in [4.69, 9.17) is 4.74 Å². The predicted octanol–water partition coefficient (Wildman–Crippen LogP) is 3.40. The van der Waals surface area contributed by atoms with Crippen molar-refractivity contribution in [2.75, 3.05) is 0 Å². The van der Waals surface area contributed by atoms with Gasteiger partial charge in [-0.3, -0.25) is 4.79 Å². The molecule has 0 saturated carbocycles. The van der Waals surface area contributed by atoms with Gasteiger partial charge < -0.3 is 9.84 Å². The fourth-order valence-electron chi connectivity index (χ4n) is 2.08. The van der Waals surface area contributed by atoms with Crippen LogP contribution in [0.25, 0.3) is 0 Å². The summed E-state index contributed by atoms with van der Waals surface area (Å²) in [4.78, 5) is 12.1. The van der Waals surface area contributed by atoms with Gasteiger partial charge in [-0.2, -0.15) is 0 Å². The summed E-state index contributed by atoms with van der Waals surface area (Å²) in [5, 5.41) is 10.8. The lowest BCUT2D eigenvalue weighted by Gasteiger charge is -2.34. The van der Waals surface area contributed by atoms with Gasteiger partial charge in [0.2, 0.25) is 0 Å². The zero-order chi connectivity index (χ0) is 15.6. The minimum absolute atomic E-state index is 0.332. The Morgan fingerprint density at radius 1 is 1.30 bits per heavy atom. The highest BCUT2D eigenvalue weighted by Gasteiger charge is 2.40. The highest BCUT2D eigenvalue weighted by atomic mass is 19.1. The van der Waals surface area contributed by atoms with Crippen molar-refractivity contribution >= 4 is 5.97 Å². The van der Waals surface area contributed by atoms with E-state index in [0.29, 0.717) is 12.0 Å². The van der Waals surface area contributed by atoms with Gasteiger partial charge in [0, 0.05) is 0 Å². The normalized spacial score (nSPS) is 16.4. The van der Waals surface area contributed by atoms with E-state index < -0.39 is 23.1 Å². The van der Waals surface area contributed by atoms with Gasteiger partial charge >= 0.3 is 5.97 Å². The van der Waals surface area contributed by atoms with Gasteiger partial charge in [-0.1, -0.05) is 19.1 Å². The van der Waals surface area contributed by atoms with Gasteiger partial charge in [0.25, 0.3) is 0 Å². The van der Waals surface area contributed by atoms with Crippen molar-refractivity contribution in [1.29, 1.82) is 0 Å². The SMILES string of the molecule is CCC(O)(c1ccc(F)cc1)C(C)C(=O)OC(C)(C)C. The average molecular weight is 282 g/mol. The molecular weight excluding hydrogens is 259 g/mol. The fourth-order valence-corrected chi connectivity index (χ4v) is 2.08. The molecule has 4 heteroatoms. The highest BCUT2D eigenvalue weighted by Crippen LogP contribution is 2.34. The van der Waals surface area contributed by atoms with Crippen molar-refractivity contribution in [1.82, 2.24) is 0 Å². The molecule has 0 aliphatic heterocycles. The van der Waals surface area contributed by atoms with E-state index in [1.165, 1.54) is 24.3 Å². The summed E-state index contributed by atoms with van der Waals surface area (Å²) in [5.74, 6) is -1.58. The van der Waals surface area contributed by atoms with Crippen LogP contribution in [0.5, 0.6) is 0 Å². The average Bonchev–Trinajstić information content (AvgIpc) is 2.35. The summed E-state index contributed by atoms with van der Waals surface area (Å²) in [6.45, 7) is 8.74. The Morgan fingerprint density at radius 3 is 2.20 bits per heavy atom. The molecule has 0 aromatic heterocycles. The van der Waals surface area contributed by atoms with Crippen LogP contribution in [0, 0.1) is 11.7 Å². The van der Waals surface area contributed by atoms with Gasteiger partial charge in [-0.25, -0.2) is 4.39 Å². The molecule has 0 heterocycles. The lowest BCUT2D eigenvalue weighted by atomic mass is 9.80. The molecule has 2 atom stereocenters. The lowest BCUT2D eigenvalue weighted by Crippen LogP contribution is -2.41. The first kappa shape index (κ1) is 16.6. The Bertz CT molecular complexity index is 462. The third-order valence-electron chi connectivity index (χ3n) is 3.36. The molecule has 0 spiro atoms. The van der Waals surface area contributed by atoms with Gasteiger partial charge in [-0.05, 0) is 51.8 Å². The van der Waals surface area contributed by atoms with Crippen LogP contribution in [0.15, 0.2) is 24.3 Å². The maximum Gasteiger partial charge on any atom is 0.312 e. The minimum Gasteiger partial charge on any atom is -0.460 e. The number of hydrogen-bond donors (Lipinski definition) is 1. The Hall–Kier alpha value is -1.42. The summed E-state index contributed by atoms with van der Waals surface area (Å²) in [5.41, 5.74) is -1.46. The molecule has 0 radical (unpaired) electrons. The van der Waals surface area contributed by atoms with E-state index in [0.717, 1.165) is 0 Å². The van der Waals surface area contributed by atoms with Crippen LogP contribution in [0.2, 0.25) is 0 Å². The van der Waals surface area contributed by atoms with Crippen LogP contribution in [-0.4, -0.2) is 16.7 Å². The number of esters is 1. The molecule has 0 amide bonds. The summed E-state index contributed by atoms with van der Waals surface area (Å²) in [6.07, 6.45) is 0.332. The molecule has 112 valence electrons. The van der Waals surface area contributed by atoms with Crippen LogP contribution in [0.4, 0.5) is 4.39 Å². The van der Waals surface area contributed by atoms with Gasteiger partial charge in [-0.15, -0.1) is 0 Å². The van der Waals surface area contributed by atoms with Gasteiger partial charge in [0.1, 0.15) is 17.0 Å². The van der Waals surface area contributed by atoms with E-state index in [9.17, 15) is 14.3 Å². The topological polar surface area (TPSA) is 46.5 Å². The first-order valence-electron chi connectivity index (χ1n) is 6.81. The van der Waals surface area contributed by atoms with Crippen LogP contribution >= 0.6 is 0 Å². The number of hydrogen-bond acceptors (Lipinski definition) is 3. The smallest absolute Gasteiger partial charge is 0.312 e. The summed E-state index contributed by atoms with van der Waals surface area (Å²) in [7, 11) is 0. The monoisotopic (exact) mass is 282 g/mol. The van der Waals surface area contributed by atoms with Crippen molar-refractivity contribution in [3.63, 3.8) is 0 Å². The molecule has 1 aromatic carbocycles. The van der Waals surface area contributed by atoms with Crippen LogP contribution in [-0.2, 0) is 15.1 Å². The van der Waals surface area contributed by atoms with E-state index >= 15 is 0 Å². The molecule has 3 nitrogen and oxygen atoms in total. The van der Waals surface area contributed by atoms with Crippen molar-refractivity contribution in [2.24, 2.45) is 5.92 Å². The Labute approximate surface area is 119 Å². The third kappa shape index (κ3) is 3.79. The molecule has 0 aliphatic carbocycles. The molecule has 0 fully saturated rings. The molecule has 1 aromatic rings. The second-order valence-electron chi connectivity index (χ2n) is 6.04. The first-order valence-corrected chi connectivity index (χ1v) is 6.81. The second kappa shape index (κ2) is 5.92. The Kier molecular flexibility index (Phi) is 4.92. The second-order valence-corrected chi connectivity index (χ2v) is 6.04. The van der Waals surface area contributed by atoms with Crippen molar-refractivity contribution < 1.29 is 19.0 Å². The summed E-state index contributed by atoms with van der Waals surface area (Å²) >= 11 is 0. The predicted molar refractivity (Wildman–Crippen MR) is 75.6 cm³/mol. The molecule has 20 heavy (non-hydrogen) atoms. The molecule has 0 saturated heterocycles. The number of ether oxygens (including phenoxy) is 1. The zero-order valence-corrected chi connectivity index (χ0v) is 12.7. The number of halogens is 1. The summed E-state index contributed by atoms with van der Waals surface area (Å²) in [6, 6.07) is 5.55.